The largest absolute Gasteiger partial charge is 0.207 e. The van der Waals surface area contributed by atoms with Crippen LogP contribution in [0.3, 0.4) is 0 Å². The van der Waals surface area contributed by atoms with Gasteiger partial charge in [0.25, 0.3) is 0 Å². The van der Waals surface area contributed by atoms with Crippen molar-refractivity contribution in [1.29, 1.82) is 5.26 Å². The van der Waals surface area contributed by atoms with Gasteiger partial charge in [-0.2, -0.15) is 5.26 Å². The Bertz CT molecular complexity index is 590. The van der Waals surface area contributed by atoms with Gasteiger partial charge in [0.1, 0.15) is 5.82 Å². The van der Waals surface area contributed by atoms with Crippen LogP contribution in [-0.2, 0) is 5.75 Å². The molecule has 0 aliphatic rings. The van der Waals surface area contributed by atoms with Crippen molar-refractivity contribution in [3.8, 4) is 6.07 Å². The zero-order chi connectivity index (χ0) is 13.0. The van der Waals surface area contributed by atoms with Crippen molar-refractivity contribution in [1.82, 2.24) is 0 Å². The predicted octanol–water partition coefficient (Wildman–Crippen LogP) is 4.64. The summed E-state index contributed by atoms with van der Waals surface area (Å²) in [6.07, 6.45) is 0. The Kier molecular flexibility index (Phi) is 4.24. The molecule has 90 valence electrons. The SMILES string of the molecule is N#Cc1ccc(SCc2ccc(F)cc2Cl)cc1. The van der Waals surface area contributed by atoms with E-state index in [-0.39, 0.29) is 5.82 Å². The quantitative estimate of drug-likeness (QED) is 0.763. The molecule has 0 saturated carbocycles. The summed E-state index contributed by atoms with van der Waals surface area (Å²) < 4.78 is 12.9. The van der Waals surface area contributed by atoms with Crippen molar-refractivity contribution < 1.29 is 4.39 Å². The summed E-state index contributed by atoms with van der Waals surface area (Å²) in [7, 11) is 0. The molecule has 0 fully saturated rings. The van der Waals surface area contributed by atoms with Crippen LogP contribution in [0.5, 0.6) is 0 Å². The van der Waals surface area contributed by atoms with Crippen LogP contribution in [0.25, 0.3) is 0 Å². The molecule has 0 heterocycles. The second-order valence-electron chi connectivity index (χ2n) is 3.66. The van der Waals surface area contributed by atoms with Gasteiger partial charge in [0, 0.05) is 15.7 Å². The summed E-state index contributed by atoms with van der Waals surface area (Å²) >= 11 is 7.54. The Morgan fingerprint density at radius 2 is 1.89 bits per heavy atom. The maximum absolute atomic E-state index is 12.9. The molecule has 0 aliphatic heterocycles. The molecule has 0 aromatic heterocycles. The van der Waals surface area contributed by atoms with Crippen LogP contribution in [-0.4, -0.2) is 0 Å². The molecule has 0 amide bonds. The van der Waals surface area contributed by atoms with Crippen LogP contribution in [0.2, 0.25) is 5.02 Å². The molecule has 0 N–H and O–H groups in total. The van der Waals surface area contributed by atoms with Gasteiger partial charge in [-0.25, -0.2) is 4.39 Å². The molecular formula is C14H9ClFNS. The minimum atomic E-state index is -0.327. The van der Waals surface area contributed by atoms with Crippen LogP contribution in [0, 0.1) is 17.1 Å². The molecule has 18 heavy (non-hydrogen) atoms. The molecule has 0 unspecified atom stereocenters. The van der Waals surface area contributed by atoms with E-state index in [2.05, 4.69) is 6.07 Å². The van der Waals surface area contributed by atoms with Crippen LogP contribution in [0.1, 0.15) is 11.1 Å². The highest BCUT2D eigenvalue weighted by atomic mass is 35.5. The topological polar surface area (TPSA) is 23.8 Å². The summed E-state index contributed by atoms with van der Waals surface area (Å²) in [5, 5.41) is 9.13. The van der Waals surface area contributed by atoms with E-state index in [1.54, 1.807) is 30.0 Å². The molecule has 0 saturated heterocycles. The van der Waals surface area contributed by atoms with E-state index in [0.717, 1.165) is 10.5 Å². The lowest BCUT2D eigenvalue weighted by Crippen LogP contribution is -1.84. The van der Waals surface area contributed by atoms with Gasteiger partial charge in [0.2, 0.25) is 0 Å². The van der Waals surface area contributed by atoms with Crippen LogP contribution in [0.15, 0.2) is 47.4 Å². The first-order valence-corrected chi connectivity index (χ1v) is 6.62. The van der Waals surface area contributed by atoms with Gasteiger partial charge >= 0.3 is 0 Å². The second-order valence-corrected chi connectivity index (χ2v) is 5.12. The third kappa shape index (κ3) is 3.25. The van der Waals surface area contributed by atoms with Crippen molar-refractivity contribution in [2.75, 3.05) is 0 Å². The van der Waals surface area contributed by atoms with E-state index >= 15 is 0 Å². The number of thioether (sulfide) groups is 1. The van der Waals surface area contributed by atoms with Gasteiger partial charge in [-0.15, -0.1) is 11.8 Å². The molecule has 0 spiro atoms. The van der Waals surface area contributed by atoms with Crippen molar-refractivity contribution in [3.63, 3.8) is 0 Å². The fraction of sp³-hybridized carbons (Fsp3) is 0.0714. The standard InChI is InChI=1S/C14H9ClFNS/c15-14-7-12(16)4-3-11(14)9-18-13-5-1-10(8-17)2-6-13/h1-7H,9H2. The number of hydrogen-bond donors (Lipinski definition) is 0. The molecule has 2 rings (SSSR count). The highest BCUT2D eigenvalue weighted by Crippen LogP contribution is 2.27. The monoisotopic (exact) mass is 277 g/mol. The summed E-state index contributed by atoms with van der Waals surface area (Å²) in [5.74, 6) is 0.345. The molecule has 1 nitrogen and oxygen atoms in total. The highest BCUT2D eigenvalue weighted by Gasteiger charge is 2.03. The van der Waals surface area contributed by atoms with Crippen molar-refractivity contribution in [3.05, 3.63) is 64.4 Å². The van der Waals surface area contributed by atoms with E-state index in [1.165, 1.54) is 12.1 Å². The van der Waals surface area contributed by atoms with Gasteiger partial charge in [0.05, 0.1) is 11.6 Å². The Hall–Kier alpha value is -1.50. The number of rotatable bonds is 3. The number of halogens is 2. The zero-order valence-corrected chi connectivity index (χ0v) is 10.9. The molecule has 2 aromatic carbocycles. The Morgan fingerprint density at radius 1 is 1.17 bits per heavy atom. The maximum Gasteiger partial charge on any atom is 0.124 e. The van der Waals surface area contributed by atoms with Crippen LogP contribution in [0.4, 0.5) is 4.39 Å². The van der Waals surface area contributed by atoms with Gasteiger partial charge < -0.3 is 0 Å². The third-order valence-electron chi connectivity index (χ3n) is 2.39. The minimum Gasteiger partial charge on any atom is -0.207 e. The first-order chi connectivity index (χ1) is 8.69. The lowest BCUT2D eigenvalue weighted by Gasteiger charge is -2.04. The van der Waals surface area contributed by atoms with Gasteiger partial charge in [-0.05, 0) is 42.0 Å². The molecule has 0 aliphatic carbocycles. The number of nitrogens with zero attached hydrogens (tertiary/aromatic N) is 1. The fourth-order valence-electron chi connectivity index (χ4n) is 1.43. The number of nitriles is 1. The number of benzene rings is 2. The average molecular weight is 278 g/mol. The average Bonchev–Trinajstić information content (AvgIpc) is 2.38. The molecule has 2 aromatic rings. The normalized spacial score (nSPS) is 10.1. The van der Waals surface area contributed by atoms with Crippen LogP contribution >= 0.6 is 23.4 Å². The fourth-order valence-corrected chi connectivity index (χ4v) is 2.64. The smallest absolute Gasteiger partial charge is 0.124 e. The molecule has 0 atom stereocenters. The van der Waals surface area contributed by atoms with Gasteiger partial charge in [-0.1, -0.05) is 17.7 Å². The highest BCUT2D eigenvalue weighted by molar-refractivity contribution is 7.98. The van der Waals surface area contributed by atoms with E-state index in [0.29, 0.717) is 16.3 Å². The third-order valence-corrected chi connectivity index (χ3v) is 3.81. The number of hydrogen-bond acceptors (Lipinski definition) is 2. The zero-order valence-electron chi connectivity index (χ0n) is 9.36. The lowest BCUT2D eigenvalue weighted by atomic mass is 10.2. The summed E-state index contributed by atoms with van der Waals surface area (Å²) in [6.45, 7) is 0. The first-order valence-electron chi connectivity index (χ1n) is 5.26. The Morgan fingerprint density at radius 3 is 2.50 bits per heavy atom. The molecule has 0 bridgehead atoms. The Labute approximate surface area is 114 Å². The van der Waals surface area contributed by atoms with Crippen LogP contribution < -0.4 is 0 Å². The van der Waals surface area contributed by atoms with E-state index < -0.39 is 0 Å². The van der Waals surface area contributed by atoms with Crippen molar-refractivity contribution in [2.45, 2.75) is 10.6 Å². The molecular weight excluding hydrogens is 269 g/mol. The Balaban J connectivity index is 2.04. The van der Waals surface area contributed by atoms with E-state index in [1.807, 2.05) is 12.1 Å². The lowest BCUT2D eigenvalue weighted by molar-refractivity contribution is 0.627. The summed E-state index contributed by atoms with van der Waals surface area (Å²) in [4.78, 5) is 1.05. The second kappa shape index (κ2) is 5.90. The summed E-state index contributed by atoms with van der Waals surface area (Å²) in [6, 6.07) is 13.8. The van der Waals surface area contributed by atoms with Gasteiger partial charge in [0.15, 0.2) is 0 Å². The van der Waals surface area contributed by atoms with Crippen molar-refractivity contribution >= 4 is 23.4 Å². The maximum atomic E-state index is 12.9. The summed E-state index contributed by atoms with van der Waals surface area (Å²) in [5.41, 5.74) is 1.53. The van der Waals surface area contributed by atoms with E-state index in [9.17, 15) is 4.39 Å². The minimum absolute atomic E-state index is 0.327. The predicted molar refractivity (Wildman–Crippen MR) is 72.1 cm³/mol. The van der Waals surface area contributed by atoms with Crippen molar-refractivity contribution in [2.24, 2.45) is 0 Å². The first kappa shape index (κ1) is 12.9. The molecule has 4 heteroatoms. The molecule has 0 radical (unpaired) electrons. The van der Waals surface area contributed by atoms with Gasteiger partial charge in [-0.3, -0.25) is 0 Å². The van der Waals surface area contributed by atoms with E-state index in [4.69, 9.17) is 16.9 Å².